The number of ether oxygens (including phenoxy) is 1. The van der Waals surface area contributed by atoms with Crippen LogP contribution in [0.3, 0.4) is 0 Å². The molecule has 0 saturated carbocycles. The van der Waals surface area contributed by atoms with Crippen LogP contribution in [-0.4, -0.2) is 28.0 Å². The van der Waals surface area contributed by atoms with Crippen molar-refractivity contribution in [1.82, 2.24) is 9.78 Å². The molecule has 0 radical (unpaired) electrons. The number of carbonyl (C=O) groups is 1. The molecule has 18 heavy (non-hydrogen) atoms. The Labute approximate surface area is 105 Å². The number of aromatic nitrogens is 2. The second kappa shape index (κ2) is 4.52. The van der Waals surface area contributed by atoms with Crippen molar-refractivity contribution >= 4 is 5.97 Å². The standard InChI is InChI=1S/C13H14N2O3/c1-8-4-6-10(7-5-8)15-12(16)9(2)11(14-15)13(17)18-3/h4-7,16H,1-3H3. The quantitative estimate of drug-likeness (QED) is 0.823. The summed E-state index contributed by atoms with van der Waals surface area (Å²) in [5, 5.41) is 14.1. The highest BCUT2D eigenvalue weighted by atomic mass is 16.5. The van der Waals surface area contributed by atoms with Gasteiger partial charge in [-0.25, -0.2) is 9.48 Å². The van der Waals surface area contributed by atoms with Gasteiger partial charge in [0.25, 0.3) is 0 Å². The first-order chi connectivity index (χ1) is 8.54. The Morgan fingerprint density at radius 1 is 1.28 bits per heavy atom. The lowest BCUT2D eigenvalue weighted by atomic mass is 10.2. The monoisotopic (exact) mass is 246 g/mol. The third kappa shape index (κ3) is 1.95. The maximum absolute atomic E-state index is 11.5. The minimum absolute atomic E-state index is 0.0562. The summed E-state index contributed by atoms with van der Waals surface area (Å²) >= 11 is 0. The van der Waals surface area contributed by atoms with E-state index in [-0.39, 0.29) is 11.6 Å². The highest BCUT2D eigenvalue weighted by Gasteiger charge is 2.20. The predicted molar refractivity (Wildman–Crippen MR) is 66.0 cm³/mol. The smallest absolute Gasteiger partial charge is 0.359 e. The maximum atomic E-state index is 11.5. The molecule has 2 aromatic rings. The number of nitrogens with zero attached hydrogens (tertiary/aromatic N) is 2. The Kier molecular flexibility index (Phi) is 3.06. The van der Waals surface area contributed by atoms with Gasteiger partial charge in [-0.15, -0.1) is 0 Å². The second-order valence-electron chi connectivity index (χ2n) is 4.04. The lowest BCUT2D eigenvalue weighted by Gasteiger charge is -2.03. The molecule has 1 heterocycles. The Hall–Kier alpha value is -2.30. The third-order valence-corrected chi connectivity index (χ3v) is 2.75. The van der Waals surface area contributed by atoms with Crippen LogP contribution in [0.5, 0.6) is 5.88 Å². The Morgan fingerprint density at radius 3 is 2.44 bits per heavy atom. The summed E-state index contributed by atoms with van der Waals surface area (Å²) in [6, 6.07) is 7.46. The molecular weight excluding hydrogens is 232 g/mol. The van der Waals surface area contributed by atoms with Gasteiger partial charge in [-0.05, 0) is 26.0 Å². The van der Waals surface area contributed by atoms with Gasteiger partial charge in [-0.3, -0.25) is 0 Å². The van der Waals surface area contributed by atoms with Crippen LogP contribution in [0.1, 0.15) is 21.6 Å². The van der Waals surface area contributed by atoms with Crippen LogP contribution in [0.4, 0.5) is 0 Å². The lowest BCUT2D eigenvalue weighted by molar-refractivity contribution is 0.0592. The van der Waals surface area contributed by atoms with Crippen molar-refractivity contribution in [2.75, 3.05) is 7.11 Å². The summed E-state index contributed by atoms with van der Waals surface area (Å²) in [6.07, 6.45) is 0. The van der Waals surface area contributed by atoms with Crippen molar-refractivity contribution < 1.29 is 14.6 Å². The first-order valence-corrected chi connectivity index (χ1v) is 5.48. The minimum Gasteiger partial charge on any atom is -0.493 e. The molecule has 0 atom stereocenters. The fraction of sp³-hybridized carbons (Fsp3) is 0.231. The molecule has 94 valence electrons. The molecule has 1 aromatic heterocycles. The molecule has 1 aromatic carbocycles. The van der Waals surface area contributed by atoms with E-state index in [1.54, 1.807) is 6.92 Å². The zero-order valence-corrected chi connectivity index (χ0v) is 10.5. The highest BCUT2D eigenvalue weighted by Crippen LogP contribution is 2.24. The molecule has 0 saturated heterocycles. The molecule has 1 N–H and O–H groups in total. The SMILES string of the molecule is COC(=O)c1nn(-c2ccc(C)cc2)c(O)c1C. The van der Waals surface area contributed by atoms with E-state index in [4.69, 9.17) is 0 Å². The summed E-state index contributed by atoms with van der Waals surface area (Å²) in [6.45, 7) is 3.59. The summed E-state index contributed by atoms with van der Waals surface area (Å²) in [7, 11) is 1.28. The topological polar surface area (TPSA) is 64.3 Å². The molecule has 0 spiro atoms. The number of aromatic hydroxyl groups is 1. The van der Waals surface area contributed by atoms with Gasteiger partial charge >= 0.3 is 5.97 Å². The van der Waals surface area contributed by atoms with E-state index in [1.807, 2.05) is 31.2 Å². The van der Waals surface area contributed by atoms with Crippen LogP contribution in [0, 0.1) is 13.8 Å². The van der Waals surface area contributed by atoms with E-state index < -0.39 is 5.97 Å². The Morgan fingerprint density at radius 2 is 1.89 bits per heavy atom. The molecule has 5 heteroatoms. The first kappa shape index (κ1) is 12.2. The van der Waals surface area contributed by atoms with E-state index in [1.165, 1.54) is 11.8 Å². The molecule has 0 bridgehead atoms. The van der Waals surface area contributed by atoms with E-state index in [0.29, 0.717) is 11.3 Å². The number of methoxy groups -OCH3 is 1. The molecule has 2 rings (SSSR count). The zero-order chi connectivity index (χ0) is 13.3. The Balaban J connectivity index is 2.52. The largest absolute Gasteiger partial charge is 0.493 e. The average molecular weight is 246 g/mol. The van der Waals surface area contributed by atoms with E-state index in [9.17, 15) is 9.90 Å². The predicted octanol–water partition coefficient (Wildman–Crippen LogP) is 1.98. The molecule has 0 unspecified atom stereocenters. The molecular formula is C13H14N2O3. The number of aryl methyl sites for hydroxylation is 1. The summed E-state index contributed by atoms with van der Waals surface area (Å²) < 4.78 is 5.93. The normalized spacial score (nSPS) is 10.4. The zero-order valence-electron chi connectivity index (χ0n) is 10.5. The fourth-order valence-electron chi connectivity index (χ4n) is 1.64. The van der Waals surface area contributed by atoms with Crippen LogP contribution < -0.4 is 0 Å². The van der Waals surface area contributed by atoms with Gasteiger partial charge in [-0.1, -0.05) is 17.7 Å². The molecule has 0 amide bonds. The number of carbonyl (C=O) groups excluding carboxylic acids is 1. The van der Waals surface area contributed by atoms with Crippen molar-refractivity contribution in [3.8, 4) is 11.6 Å². The van der Waals surface area contributed by atoms with Crippen molar-refractivity contribution in [2.24, 2.45) is 0 Å². The van der Waals surface area contributed by atoms with Crippen LogP contribution in [0.15, 0.2) is 24.3 Å². The average Bonchev–Trinajstić information content (AvgIpc) is 2.67. The van der Waals surface area contributed by atoms with Crippen molar-refractivity contribution in [3.05, 3.63) is 41.1 Å². The van der Waals surface area contributed by atoms with Crippen molar-refractivity contribution in [2.45, 2.75) is 13.8 Å². The number of esters is 1. The van der Waals surface area contributed by atoms with Gasteiger partial charge in [0.05, 0.1) is 12.8 Å². The number of rotatable bonds is 2. The molecule has 0 aliphatic rings. The molecule has 0 fully saturated rings. The fourth-order valence-corrected chi connectivity index (χ4v) is 1.64. The maximum Gasteiger partial charge on any atom is 0.359 e. The molecule has 0 aliphatic carbocycles. The third-order valence-electron chi connectivity index (χ3n) is 2.75. The number of hydrogen-bond donors (Lipinski definition) is 1. The van der Waals surface area contributed by atoms with Crippen LogP contribution in [0.25, 0.3) is 5.69 Å². The van der Waals surface area contributed by atoms with Crippen LogP contribution >= 0.6 is 0 Å². The van der Waals surface area contributed by atoms with E-state index in [2.05, 4.69) is 9.84 Å². The Bertz CT molecular complexity index is 585. The van der Waals surface area contributed by atoms with Crippen molar-refractivity contribution in [1.29, 1.82) is 0 Å². The van der Waals surface area contributed by atoms with Gasteiger partial charge in [0, 0.05) is 5.56 Å². The van der Waals surface area contributed by atoms with Gasteiger partial charge in [0.1, 0.15) is 0 Å². The lowest BCUT2D eigenvalue weighted by Crippen LogP contribution is -2.05. The van der Waals surface area contributed by atoms with E-state index >= 15 is 0 Å². The van der Waals surface area contributed by atoms with Gasteiger partial charge < -0.3 is 9.84 Å². The van der Waals surface area contributed by atoms with Gasteiger partial charge in [-0.2, -0.15) is 5.10 Å². The number of benzene rings is 1. The van der Waals surface area contributed by atoms with Crippen LogP contribution in [0.2, 0.25) is 0 Å². The van der Waals surface area contributed by atoms with E-state index in [0.717, 1.165) is 5.56 Å². The molecule has 0 aliphatic heterocycles. The highest BCUT2D eigenvalue weighted by molar-refractivity contribution is 5.89. The second-order valence-corrected chi connectivity index (χ2v) is 4.04. The minimum atomic E-state index is -0.561. The molecule has 5 nitrogen and oxygen atoms in total. The van der Waals surface area contributed by atoms with Crippen LogP contribution in [-0.2, 0) is 4.74 Å². The summed E-state index contributed by atoms with van der Waals surface area (Å²) in [5.41, 5.74) is 2.32. The number of hydrogen-bond acceptors (Lipinski definition) is 4. The van der Waals surface area contributed by atoms with Gasteiger partial charge in [0.2, 0.25) is 5.88 Å². The van der Waals surface area contributed by atoms with Gasteiger partial charge in [0.15, 0.2) is 5.69 Å². The van der Waals surface area contributed by atoms with Crippen molar-refractivity contribution in [3.63, 3.8) is 0 Å². The first-order valence-electron chi connectivity index (χ1n) is 5.48. The summed E-state index contributed by atoms with van der Waals surface area (Å²) in [4.78, 5) is 11.5. The summed E-state index contributed by atoms with van der Waals surface area (Å²) in [5.74, 6) is -0.618.